The number of halogens is 1. The molecular formula is C11H13IO4. The quantitative estimate of drug-likeness (QED) is 0.628. The van der Waals surface area contributed by atoms with Crippen molar-refractivity contribution in [2.24, 2.45) is 0 Å². The van der Waals surface area contributed by atoms with E-state index in [1.54, 1.807) is 13.2 Å². The molecule has 1 aromatic rings. The van der Waals surface area contributed by atoms with Gasteiger partial charge >= 0.3 is 5.97 Å². The molecule has 0 aliphatic heterocycles. The second-order valence-corrected chi connectivity index (χ2v) is 4.17. The summed E-state index contributed by atoms with van der Waals surface area (Å²) in [5, 5.41) is 0. The van der Waals surface area contributed by atoms with Crippen LogP contribution in [-0.2, 0) is 4.74 Å². The number of rotatable bonds is 3. The van der Waals surface area contributed by atoms with Crippen molar-refractivity contribution in [3.63, 3.8) is 0 Å². The molecule has 88 valence electrons. The predicted octanol–water partition coefficient (Wildman–Crippen LogP) is 2.40. The third-order valence-corrected chi connectivity index (χ3v) is 3.60. The van der Waals surface area contributed by atoms with Crippen molar-refractivity contribution < 1.29 is 19.0 Å². The third kappa shape index (κ3) is 2.23. The molecule has 0 N–H and O–H groups in total. The number of esters is 1. The fraction of sp³-hybridized carbons (Fsp3) is 0.364. The Kier molecular flexibility index (Phi) is 4.40. The van der Waals surface area contributed by atoms with E-state index in [0.29, 0.717) is 17.1 Å². The normalized spacial score (nSPS) is 9.81. The van der Waals surface area contributed by atoms with Gasteiger partial charge in [0, 0.05) is 6.07 Å². The zero-order chi connectivity index (χ0) is 12.3. The first kappa shape index (κ1) is 13.1. The molecular weight excluding hydrogens is 323 g/mol. The number of carbonyl (C=O) groups excluding carboxylic acids is 1. The summed E-state index contributed by atoms with van der Waals surface area (Å²) in [6.07, 6.45) is 0. The summed E-state index contributed by atoms with van der Waals surface area (Å²) in [6, 6.07) is 1.68. The van der Waals surface area contributed by atoms with Crippen molar-refractivity contribution in [1.82, 2.24) is 0 Å². The molecule has 0 fully saturated rings. The molecule has 0 aromatic heterocycles. The number of hydrogen-bond donors (Lipinski definition) is 0. The van der Waals surface area contributed by atoms with E-state index in [4.69, 9.17) is 14.2 Å². The van der Waals surface area contributed by atoms with E-state index < -0.39 is 5.97 Å². The lowest BCUT2D eigenvalue weighted by Crippen LogP contribution is -2.08. The molecule has 0 unspecified atom stereocenters. The molecule has 5 heteroatoms. The predicted molar refractivity (Wildman–Crippen MR) is 68.3 cm³/mol. The van der Waals surface area contributed by atoms with Crippen molar-refractivity contribution in [2.45, 2.75) is 6.92 Å². The standard InChI is InChI=1S/C11H13IO4/c1-6-9(11(13)16-4)7(14-2)5-8(15-3)10(6)12/h5H,1-4H3. The zero-order valence-electron chi connectivity index (χ0n) is 9.59. The Morgan fingerprint density at radius 2 is 1.75 bits per heavy atom. The van der Waals surface area contributed by atoms with E-state index in [9.17, 15) is 4.79 Å². The molecule has 0 aliphatic rings. The first-order chi connectivity index (χ1) is 7.56. The van der Waals surface area contributed by atoms with E-state index >= 15 is 0 Å². The highest BCUT2D eigenvalue weighted by Gasteiger charge is 2.20. The van der Waals surface area contributed by atoms with Gasteiger partial charge in [0.1, 0.15) is 17.1 Å². The maximum Gasteiger partial charge on any atom is 0.341 e. The fourth-order valence-corrected chi connectivity index (χ4v) is 2.04. The van der Waals surface area contributed by atoms with Crippen LogP contribution < -0.4 is 9.47 Å². The molecule has 1 aromatic carbocycles. The summed E-state index contributed by atoms with van der Waals surface area (Å²) in [6.45, 7) is 1.83. The minimum Gasteiger partial charge on any atom is -0.496 e. The van der Waals surface area contributed by atoms with Gasteiger partial charge in [0.05, 0.1) is 24.9 Å². The third-order valence-electron chi connectivity index (χ3n) is 2.26. The summed E-state index contributed by atoms with van der Waals surface area (Å²) in [4.78, 5) is 11.6. The summed E-state index contributed by atoms with van der Waals surface area (Å²) in [7, 11) is 4.43. The molecule has 4 nitrogen and oxygen atoms in total. The number of benzene rings is 1. The van der Waals surface area contributed by atoms with Gasteiger partial charge in [-0.1, -0.05) is 0 Å². The Labute approximate surface area is 108 Å². The van der Waals surface area contributed by atoms with E-state index in [-0.39, 0.29) is 0 Å². The molecule has 1 rings (SSSR count). The van der Waals surface area contributed by atoms with Crippen molar-refractivity contribution in [3.8, 4) is 11.5 Å². The first-order valence-electron chi connectivity index (χ1n) is 4.56. The summed E-state index contributed by atoms with van der Waals surface area (Å²) in [5.74, 6) is 0.735. The Morgan fingerprint density at radius 3 is 2.19 bits per heavy atom. The fourth-order valence-electron chi connectivity index (χ4n) is 1.40. The van der Waals surface area contributed by atoms with Crippen LogP contribution in [0.4, 0.5) is 0 Å². The topological polar surface area (TPSA) is 44.8 Å². The van der Waals surface area contributed by atoms with Crippen LogP contribution in [0.3, 0.4) is 0 Å². The highest BCUT2D eigenvalue weighted by Crippen LogP contribution is 2.34. The lowest BCUT2D eigenvalue weighted by atomic mass is 10.1. The molecule has 0 aliphatic carbocycles. The van der Waals surface area contributed by atoms with Crippen molar-refractivity contribution in [3.05, 3.63) is 20.8 Å². The lowest BCUT2D eigenvalue weighted by molar-refractivity contribution is 0.0596. The molecule has 0 radical (unpaired) electrons. The second-order valence-electron chi connectivity index (χ2n) is 3.09. The number of hydrogen-bond acceptors (Lipinski definition) is 4. The minimum absolute atomic E-state index is 0.407. The van der Waals surface area contributed by atoms with Gasteiger partial charge in [0.25, 0.3) is 0 Å². The Bertz CT molecular complexity index is 415. The molecule has 0 bridgehead atoms. The lowest BCUT2D eigenvalue weighted by Gasteiger charge is -2.14. The van der Waals surface area contributed by atoms with Crippen LogP contribution in [0.25, 0.3) is 0 Å². The monoisotopic (exact) mass is 336 g/mol. The van der Waals surface area contributed by atoms with Gasteiger partial charge in [-0.25, -0.2) is 4.79 Å². The minimum atomic E-state index is -0.407. The molecule has 0 atom stereocenters. The molecule has 0 heterocycles. The van der Waals surface area contributed by atoms with Crippen molar-refractivity contribution >= 4 is 28.6 Å². The van der Waals surface area contributed by atoms with Crippen LogP contribution >= 0.6 is 22.6 Å². The van der Waals surface area contributed by atoms with Crippen LogP contribution in [0.15, 0.2) is 6.07 Å². The van der Waals surface area contributed by atoms with Crippen LogP contribution in [0.2, 0.25) is 0 Å². The molecule has 0 amide bonds. The van der Waals surface area contributed by atoms with E-state index in [1.807, 2.05) is 6.92 Å². The van der Waals surface area contributed by atoms with Gasteiger partial charge in [-0.3, -0.25) is 0 Å². The first-order valence-corrected chi connectivity index (χ1v) is 5.64. The molecule has 16 heavy (non-hydrogen) atoms. The number of ether oxygens (including phenoxy) is 3. The van der Waals surface area contributed by atoms with E-state index in [1.165, 1.54) is 14.2 Å². The van der Waals surface area contributed by atoms with Gasteiger partial charge in [-0.15, -0.1) is 0 Å². The van der Waals surface area contributed by atoms with Crippen LogP contribution in [0, 0.1) is 10.5 Å². The average molecular weight is 336 g/mol. The highest BCUT2D eigenvalue weighted by molar-refractivity contribution is 14.1. The number of methoxy groups -OCH3 is 3. The summed E-state index contributed by atoms with van der Waals surface area (Å²) >= 11 is 2.12. The van der Waals surface area contributed by atoms with Gasteiger partial charge < -0.3 is 14.2 Å². The van der Waals surface area contributed by atoms with Crippen LogP contribution in [0.5, 0.6) is 11.5 Å². The Hall–Kier alpha value is -0.980. The summed E-state index contributed by atoms with van der Waals surface area (Å²) in [5.41, 5.74) is 1.24. The molecule has 0 spiro atoms. The highest BCUT2D eigenvalue weighted by atomic mass is 127. The van der Waals surface area contributed by atoms with E-state index in [2.05, 4.69) is 22.6 Å². The van der Waals surface area contributed by atoms with Crippen LogP contribution in [0.1, 0.15) is 15.9 Å². The smallest absolute Gasteiger partial charge is 0.341 e. The summed E-state index contributed by atoms with van der Waals surface area (Å²) < 4.78 is 16.0. The Morgan fingerprint density at radius 1 is 1.19 bits per heavy atom. The second kappa shape index (κ2) is 5.38. The molecule has 0 saturated carbocycles. The largest absolute Gasteiger partial charge is 0.496 e. The van der Waals surface area contributed by atoms with Crippen molar-refractivity contribution in [2.75, 3.05) is 21.3 Å². The van der Waals surface area contributed by atoms with Gasteiger partial charge in [-0.2, -0.15) is 0 Å². The van der Waals surface area contributed by atoms with Gasteiger partial charge in [0.2, 0.25) is 0 Å². The average Bonchev–Trinajstić information content (AvgIpc) is 2.31. The van der Waals surface area contributed by atoms with Gasteiger partial charge in [0.15, 0.2) is 0 Å². The number of carbonyl (C=O) groups is 1. The Balaban J connectivity index is 3.47. The zero-order valence-corrected chi connectivity index (χ0v) is 11.7. The maximum atomic E-state index is 11.6. The van der Waals surface area contributed by atoms with Crippen LogP contribution in [-0.4, -0.2) is 27.3 Å². The maximum absolute atomic E-state index is 11.6. The van der Waals surface area contributed by atoms with Crippen molar-refractivity contribution in [1.29, 1.82) is 0 Å². The SMILES string of the molecule is COC(=O)c1c(OC)cc(OC)c(I)c1C. The molecule has 0 saturated heterocycles. The van der Waals surface area contributed by atoms with Gasteiger partial charge in [-0.05, 0) is 35.1 Å². The van der Waals surface area contributed by atoms with E-state index in [0.717, 1.165) is 9.13 Å².